The van der Waals surface area contributed by atoms with Gasteiger partial charge in [-0.3, -0.25) is 0 Å². The van der Waals surface area contributed by atoms with Gasteiger partial charge in [0.05, 0.1) is 6.61 Å². The average Bonchev–Trinajstić information content (AvgIpc) is 2.89. The first-order valence-electron chi connectivity index (χ1n) is 7.65. The van der Waals surface area contributed by atoms with E-state index in [0.29, 0.717) is 6.04 Å². The zero-order valence-electron chi connectivity index (χ0n) is 12.7. The largest absolute Gasteiger partial charge is 0.493 e. The van der Waals surface area contributed by atoms with Crippen molar-refractivity contribution in [1.29, 1.82) is 0 Å². The molecule has 1 aliphatic heterocycles. The summed E-state index contributed by atoms with van der Waals surface area (Å²) < 4.78 is 5.81. The predicted octanol–water partition coefficient (Wildman–Crippen LogP) is 3.38. The van der Waals surface area contributed by atoms with Crippen LogP contribution < -0.4 is 4.74 Å². The van der Waals surface area contributed by atoms with E-state index in [9.17, 15) is 0 Å². The van der Waals surface area contributed by atoms with Gasteiger partial charge in [0, 0.05) is 28.7 Å². The number of hydrogen-bond acceptors (Lipinski definition) is 2. The highest BCUT2D eigenvalue weighted by molar-refractivity contribution is 5.89. The number of hydrogen-bond donors (Lipinski definition) is 1. The molecule has 1 aromatic heterocycles. The van der Waals surface area contributed by atoms with Gasteiger partial charge in [-0.25, -0.2) is 0 Å². The zero-order chi connectivity index (χ0) is 14.1. The fraction of sp³-hybridized carbons (Fsp3) is 0.529. The molecule has 1 N–H and O–H groups in total. The van der Waals surface area contributed by atoms with Crippen LogP contribution in [0.25, 0.3) is 10.9 Å². The van der Waals surface area contributed by atoms with Gasteiger partial charge in [0.25, 0.3) is 0 Å². The van der Waals surface area contributed by atoms with Gasteiger partial charge in [-0.2, -0.15) is 0 Å². The van der Waals surface area contributed by atoms with Crippen LogP contribution in [0.15, 0.2) is 18.3 Å². The van der Waals surface area contributed by atoms with Gasteiger partial charge < -0.3 is 14.6 Å². The van der Waals surface area contributed by atoms with Gasteiger partial charge >= 0.3 is 0 Å². The Morgan fingerprint density at radius 3 is 3.05 bits per heavy atom. The molecule has 0 spiro atoms. The zero-order valence-corrected chi connectivity index (χ0v) is 12.7. The molecule has 3 nitrogen and oxygen atoms in total. The number of aromatic amines is 1. The first kappa shape index (κ1) is 13.5. The van der Waals surface area contributed by atoms with Crippen molar-refractivity contribution in [3.63, 3.8) is 0 Å². The minimum Gasteiger partial charge on any atom is -0.493 e. The van der Waals surface area contributed by atoms with Crippen LogP contribution in [0.2, 0.25) is 0 Å². The molecular formula is C17H24N2O. The summed E-state index contributed by atoms with van der Waals surface area (Å²) in [5.74, 6) is 1.08. The van der Waals surface area contributed by atoms with Crippen LogP contribution >= 0.6 is 0 Å². The van der Waals surface area contributed by atoms with Crippen LogP contribution in [-0.2, 0) is 12.8 Å². The highest BCUT2D eigenvalue weighted by Gasteiger charge is 2.18. The number of rotatable bonds is 4. The molecule has 0 saturated heterocycles. The third kappa shape index (κ3) is 2.31. The molecule has 0 aliphatic carbocycles. The highest BCUT2D eigenvalue weighted by Crippen LogP contribution is 2.34. The van der Waals surface area contributed by atoms with Crippen molar-refractivity contribution in [3.05, 3.63) is 29.5 Å². The second-order valence-electron chi connectivity index (χ2n) is 5.86. The Labute approximate surface area is 120 Å². The van der Waals surface area contributed by atoms with E-state index < -0.39 is 0 Å². The molecule has 1 aliphatic rings. The van der Waals surface area contributed by atoms with Gasteiger partial charge in [-0.1, -0.05) is 6.92 Å². The standard InChI is InChI=1S/C17H24N2O/c1-4-19(3)12(2)10-13-11-18-15-7-8-16-14(17(13)15)6-5-9-20-16/h7-8,11-12,18H,4-6,9-10H2,1-3H3/t12-/m0/s1. The maximum atomic E-state index is 5.81. The lowest BCUT2D eigenvalue weighted by Gasteiger charge is -2.23. The quantitative estimate of drug-likeness (QED) is 0.924. The molecule has 108 valence electrons. The lowest BCUT2D eigenvalue weighted by Crippen LogP contribution is -2.30. The number of ether oxygens (including phenoxy) is 1. The molecule has 0 saturated carbocycles. The number of aryl methyl sites for hydroxylation is 1. The maximum Gasteiger partial charge on any atom is 0.123 e. The Morgan fingerprint density at radius 1 is 1.40 bits per heavy atom. The van der Waals surface area contributed by atoms with Crippen molar-refractivity contribution in [2.24, 2.45) is 0 Å². The molecule has 0 fully saturated rings. The fourth-order valence-electron chi connectivity index (χ4n) is 3.11. The molecule has 3 heteroatoms. The van der Waals surface area contributed by atoms with E-state index in [1.807, 2.05) is 0 Å². The molecular weight excluding hydrogens is 248 g/mol. The number of benzene rings is 1. The molecule has 2 aromatic rings. The summed E-state index contributed by atoms with van der Waals surface area (Å²) in [6, 6.07) is 4.81. The minimum atomic E-state index is 0.555. The Bertz CT molecular complexity index is 602. The number of nitrogens with one attached hydrogen (secondary N) is 1. The Kier molecular flexibility index (Phi) is 3.70. The summed E-state index contributed by atoms with van der Waals surface area (Å²) in [6.45, 7) is 6.45. The van der Waals surface area contributed by atoms with Crippen molar-refractivity contribution >= 4 is 10.9 Å². The van der Waals surface area contributed by atoms with Gasteiger partial charge in [0.1, 0.15) is 5.75 Å². The van der Waals surface area contributed by atoms with Crippen LogP contribution in [0, 0.1) is 0 Å². The second kappa shape index (κ2) is 5.49. The molecule has 3 rings (SSSR count). The van der Waals surface area contributed by atoms with Crippen molar-refractivity contribution < 1.29 is 4.74 Å². The summed E-state index contributed by atoms with van der Waals surface area (Å²) in [5, 5.41) is 1.40. The van der Waals surface area contributed by atoms with E-state index >= 15 is 0 Å². The average molecular weight is 272 g/mol. The Balaban J connectivity index is 1.99. The summed E-state index contributed by atoms with van der Waals surface area (Å²) in [5.41, 5.74) is 4.07. The normalized spacial score (nSPS) is 16.2. The smallest absolute Gasteiger partial charge is 0.123 e. The SMILES string of the molecule is CCN(C)[C@@H](C)Cc1c[nH]c2ccc3c(c12)CCCO3. The minimum absolute atomic E-state index is 0.555. The first-order chi connectivity index (χ1) is 9.70. The summed E-state index contributed by atoms with van der Waals surface area (Å²) in [7, 11) is 2.19. The first-order valence-corrected chi connectivity index (χ1v) is 7.65. The Hall–Kier alpha value is -1.48. The lowest BCUT2D eigenvalue weighted by molar-refractivity contribution is 0.270. The number of likely N-dealkylation sites (N-methyl/N-ethyl adjacent to an activating group) is 1. The molecule has 0 bridgehead atoms. The summed E-state index contributed by atoms with van der Waals surface area (Å²) >= 11 is 0. The van der Waals surface area contributed by atoms with Gasteiger partial charge in [-0.05, 0) is 57.5 Å². The molecule has 1 atom stereocenters. The van der Waals surface area contributed by atoms with Crippen LogP contribution in [0.3, 0.4) is 0 Å². The number of aromatic nitrogens is 1. The van der Waals surface area contributed by atoms with Crippen LogP contribution in [0.5, 0.6) is 5.75 Å². The lowest BCUT2D eigenvalue weighted by atomic mass is 9.96. The van der Waals surface area contributed by atoms with Crippen LogP contribution in [0.4, 0.5) is 0 Å². The molecule has 0 unspecified atom stereocenters. The van der Waals surface area contributed by atoms with Crippen molar-refractivity contribution in [3.8, 4) is 5.75 Å². The number of H-pyrrole nitrogens is 1. The van der Waals surface area contributed by atoms with E-state index in [-0.39, 0.29) is 0 Å². The van der Waals surface area contributed by atoms with E-state index in [4.69, 9.17) is 4.74 Å². The van der Waals surface area contributed by atoms with E-state index in [1.165, 1.54) is 22.0 Å². The third-order valence-electron chi connectivity index (χ3n) is 4.59. The number of fused-ring (bicyclic) bond motifs is 3. The van der Waals surface area contributed by atoms with Crippen molar-refractivity contribution in [2.45, 2.75) is 39.2 Å². The predicted molar refractivity (Wildman–Crippen MR) is 83.6 cm³/mol. The fourth-order valence-corrected chi connectivity index (χ4v) is 3.11. The topological polar surface area (TPSA) is 28.3 Å². The van der Waals surface area contributed by atoms with Crippen molar-refractivity contribution in [1.82, 2.24) is 9.88 Å². The van der Waals surface area contributed by atoms with Crippen LogP contribution in [-0.4, -0.2) is 36.1 Å². The van der Waals surface area contributed by atoms with E-state index in [0.717, 1.165) is 38.2 Å². The molecule has 2 heterocycles. The summed E-state index contributed by atoms with van der Waals surface area (Å²) in [6.07, 6.45) is 5.52. The van der Waals surface area contributed by atoms with Crippen molar-refractivity contribution in [2.75, 3.05) is 20.2 Å². The molecule has 0 radical (unpaired) electrons. The van der Waals surface area contributed by atoms with E-state index in [2.05, 4.69) is 49.1 Å². The number of nitrogens with zero attached hydrogens (tertiary/aromatic N) is 1. The van der Waals surface area contributed by atoms with E-state index in [1.54, 1.807) is 0 Å². The third-order valence-corrected chi connectivity index (χ3v) is 4.59. The Morgan fingerprint density at radius 2 is 2.25 bits per heavy atom. The maximum absolute atomic E-state index is 5.81. The monoisotopic (exact) mass is 272 g/mol. The molecule has 0 amide bonds. The van der Waals surface area contributed by atoms with Gasteiger partial charge in [-0.15, -0.1) is 0 Å². The second-order valence-corrected chi connectivity index (χ2v) is 5.86. The molecule has 20 heavy (non-hydrogen) atoms. The van der Waals surface area contributed by atoms with Crippen LogP contribution in [0.1, 0.15) is 31.4 Å². The summed E-state index contributed by atoms with van der Waals surface area (Å²) in [4.78, 5) is 5.82. The molecule has 1 aromatic carbocycles. The highest BCUT2D eigenvalue weighted by atomic mass is 16.5. The van der Waals surface area contributed by atoms with Gasteiger partial charge in [0.2, 0.25) is 0 Å². The van der Waals surface area contributed by atoms with Gasteiger partial charge in [0.15, 0.2) is 0 Å².